The summed E-state index contributed by atoms with van der Waals surface area (Å²) in [5.74, 6) is -1.97. The van der Waals surface area contributed by atoms with Gasteiger partial charge in [-0.1, -0.05) is 15.9 Å². The average molecular weight is 493 g/mol. The zero-order valence-corrected chi connectivity index (χ0v) is 18.2. The molecule has 2 aromatic rings. The molecule has 1 atom stereocenters. The maximum atomic E-state index is 13.8. The van der Waals surface area contributed by atoms with E-state index in [2.05, 4.69) is 26.0 Å². The van der Waals surface area contributed by atoms with Crippen molar-refractivity contribution in [2.24, 2.45) is 0 Å². The minimum absolute atomic E-state index is 0.0205. The van der Waals surface area contributed by atoms with Crippen LogP contribution in [0.4, 0.5) is 10.1 Å². The summed E-state index contributed by atoms with van der Waals surface area (Å²) in [6, 6.07) is 7.40. The van der Waals surface area contributed by atoms with E-state index in [0.717, 1.165) is 22.5 Å². The lowest BCUT2D eigenvalue weighted by molar-refractivity contribution is -0.123. The Balaban J connectivity index is 1.90. The molecule has 1 aromatic carbocycles. The van der Waals surface area contributed by atoms with Crippen LogP contribution in [-0.2, 0) is 26.0 Å². The highest BCUT2D eigenvalue weighted by molar-refractivity contribution is 9.10. The Bertz CT molecular complexity index is 978. The van der Waals surface area contributed by atoms with E-state index in [-0.39, 0.29) is 17.1 Å². The number of carbonyl (C=O) groups excluding carboxylic acids is 2. The monoisotopic (exact) mass is 492 g/mol. The molecular formula is C17H18BrFN2O5S2. The first-order valence-electron chi connectivity index (χ1n) is 8.05. The van der Waals surface area contributed by atoms with E-state index in [1.807, 2.05) is 0 Å². The van der Waals surface area contributed by atoms with Crippen LogP contribution in [0.5, 0.6) is 0 Å². The van der Waals surface area contributed by atoms with Crippen LogP contribution >= 0.6 is 27.3 Å². The molecule has 28 heavy (non-hydrogen) atoms. The van der Waals surface area contributed by atoms with E-state index < -0.39 is 33.8 Å². The van der Waals surface area contributed by atoms with Crippen LogP contribution in [0.2, 0.25) is 0 Å². The lowest BCUT2D eigenvalue weighted by Crippen LogP contribution is -2.30. The molecule has 7 nitrogen and oxygen atoms in total. The number of nitrogens with one attached hydrogen (secondary N) is 2. The van der Waals surface area contributed by atoms with E-state index in [1.165, 1.54) is 19.1 Å². The molecule has 1 amide bonds. The van der Waals surface area contributed by atoms with Crippen molar-refractivity contribution in [3.8, 4) is 0 Å². The van der Waals surface area contributed by atoms with Gasteiger partial charge in [-0.15, -0.1) is 11.3 Å². The molecule has 0 aliphatic carbocycles. The minimum atomic E-state index is -3.27. The predicted octanol–water partition coefficient (Wildman–Crippen LogP) is 2.93. The summed E-state index contributed by atoms with van der Waals surface area (Å²) in [6.07, 6.45) is 0.355. The zero-order valence-electron chi connectivity index (χ0n) is 15.0. The quantitative estimate of drug-likeness (QED) is 0.551. The third-order valence-corrected chi connectivity index (χ3v) is 5.79. The van der Waals surface area contributed by atoms with E-state index in [9.17, 15) is 22.4 Å². The number of esters is 1. The fourth-order valence-corrected chi connectivity index (χ4v) is 3.78. The van der Waals surface area contributed by atoms with Crippen molar-refractivity contribution < 1.29 is 27.1 Å². The van der Waals surface area contributed by atoms with Crippen molar-refractivity contribution in [3.05, 3.63) is 50.4 Å². The second-order valence-electron chi connectivity index (χ2n) is 5.84. The summed E-state index contributed by atoms with van der Waals surface area (Å²) in [4.78, 5) is 25.4. The molecule has 2 rings (SSSR count). The number of carbonyl (C=O) groups is 2. The van der Waals surface area contributed by atoms with E-state index >= 15 is 0 Å². The van der Waals surface area contributed by atoms with Crippen LogP contribution in [0, 0.1) is 5.82 Å². The number of ether oxygens (including phenoxy) is 1. The van der Waals surface area contributed by atoms with Crippen molar-refractivity contribution in [1.82, 2.24) is 4.72 Å². The SMILES string of the molecule is C[C@H](OC(=O)c1ccc(CCNS(C)(=O)=O)s1)C(=O)Nc1ccc(Br)cc1F. The molecule has 0 unspecified atom stereocenters. The van der Waals surface area contributed by atoms with E-state index in [1.54, 1.807) is 18.2 Å². The van der Waals surface area contributed by atoms with Gasteiger partial charge in [-0.2, -0.15) is 0 Å². The van der Waals surface area contributed by atoms with Gasteiger partial charge in [-0.3, -0.25) is 4.79 Å². The summed E-state index contributed by atoms with van der Waals surface area (Å²) in [6.45, 7) is 1.60. The second kappa shape index (κ2) is 9.59. The Morgan fingerprint density at radius 2 is 2.00 bits per heavy atom. The summed E-state index contributed by atoms with van der Waals surface area (Å²) in [7, 11) is -3.27. The molecule has 11 heteroatoms. The molecule has 0 fully saturated rings. The molecular weight excluding hydrogens is 475 g/mol. The van der Waals surface area contributed by atoms with E-state index in [4.69, 9.17) is 4.74 Å². The number of hydrogen-bond donors (Lipinski definition) is 2. The first kappa shape index (κ1) is 22.5. The fourth-order valence-electron chi connectivity index (χ4n) is 2.08. The van der Waals surface area contributed by atoms with Gasteiger partial charge < -0.3 is 10.1 Å². The highest BCUT2D eigenvalue weighted by atomic mass is 79.9. The van der Waals surface area contributed by atoms with Gasteiger partial charge in [0.15, 0.2) is 6.10 Å². The highest BCUT2D eigenvalue weighted by Crippen LogP contribution is 2.21. The number of halogens is 2. The van der Waals surface area contributed by atoms with Crippen molar-refractivity contribution >= 4 is 54.9 Å². The highest BCUT2D eigenvalue weighted by Gasteiger charge is 2.21. The van der Waals surface area contributed by atoms with Gasteiger partial charge in [-0.05, 0) is 43.7 Å². The maximum Gasteiger partial charge on any atom is 0.349 e. The van der Waals surface area contributed by atoms with Gasteiger partial charge in [0.05, 0.1) is 11.9 Å². The molecule has 2 N–H and O–H groups in total. The summed E-state index contributed by atoms with van der Waals surface area (Å²) < 4.78 is 43.9. The molecule has 0 saturated carbocycles. The zero-order chi connectivity index (χ0) is 20.9. The summed E-state index contributed by atoms with van der Waals surface area (Å²) in [5, 5.41) is 2.37. The van der Waals surface area contributed by atoms with Crippen LogP contribution in [-0.4, -0.2) is 39.2 Å². The lowest BCUT2D eigenvalue weighted by Gasteiger charge is -2.13. The molecule has 1 heterocycles. The van der Waals surface area contributed by atoms with Crippen molar-refractivity contribution in [1.29, 1.82) is 0 Å². The minimum Gasteiger partial charge on any atom is -0.448 e. The number of sulfonamides is 1. The van der Waals surface area contributed by atoms with Crippen LogP contribution in [0.1, 0.15) is 21.5 Å². The topological polar surface area (TPSA) is 102 Å². The van der Waals surface area contributed by atoms with Crippen LogP contribution in [0.15, 0.2) is 34.8 Å². The number of thiophene rings is 1. The molecule has 0 aliphatic heterocycles. The molecule has 0 aliphatic rings. The van der Waals surface area contributed by atoms with Crippen molar-refractivity contribution in [3.63, 3.8) is 0 Å². The Kier molecular flexibility index (Phi) is 7.70. The number of hydrogen-bond acceptors (Lipinski definition) is 6. The van der Waals surface area contributed by atoms with Gasteiger partial charge in [0.25, 0.3) is 5.91 Å². The second-order valence-corrected chi connectivity index (χ2v) is 9.76. The average Bonchev–Trinajstić information content (AvgIpc) is 3.05. The van der Waals surface area contributed by atoms with Crippen LogP contribution in [0.25, 0.3) is 0 Å². The number of amides is 1. The largest absolute Gasteiger partial charge is 0.448 e. The normalized spacial score (nSPS) is 12.4. The summed E-state index contributed by atoms with van der Waals surface area (Å²) >= 11 is 4.27. The van der Waals surface area contributed by atoms with Gasteiger partial charge in [-0.25, -0.2) is 22.3 Å². The first-order chi connectivity index (χ1) is 13.0. The Morgan fingerprint density at radius 3 is 2.64 bits per heavy atom. The Labute approximate surface area is 174 Å². The molecule has 1 aromatic heterocycles. The Morgan fingerprint density at radius 1 is 1.29 bits per heavy atom. The number of anilines is 1. The van der Waals surface area contributed by atoms with Crippen LogP contribution < -0.4 is 10.0 Å². The van der Waals surface area contributed by atoms with Gasteiger partial charge in [0.2, 0.25) is 10.0 Å². The molecule has 152 valence electrons. The lowest BCUT2D eigenvalue weighted by atomic mass is 10.3. The first-order valence-corrected chi connectivity index (χ1v) is 11.6. The predicted molar refractivity (Wildman–Crippen MR) is 108 cm³/mol. The number of benzene rings is 1. The van der Waals surface area contributed by atoms with E-state index in [0.29, 0.717) is 10.9 Å². The maximum absolute atomic E-state index is 13.8. The van der Waals surface area contributed by atoms with Gasteiger partial charge >= 0.3 is 5.97 Å². The van der Waals surface area contributed by atoms with Crippen LogP contribution in [0.3, 0.4) is 0 Å². The molecule has 0 radical (unpaired) electrons. The third-order valence-electron chi connectivity index (χ3n) is 3.44. The van der Waals surface area contributed by atoms with Gasteiger partial charge in [0.1, 0.15) is 10.7 Å². The smallest absolute Gasteiger partial charge is 0.349 e. The fraction of sp³-hybridized carbons (Fsp3) is 0.294. The van der Waals surface area contributed by atoms with Crippen molar-refractivity contribution in [2.75, 3.05) is 18.1 Å². The summed E-state index contributed by atoms with van der Waals surface area (Å²) in [5.41, 5.74) is -0.0205. The third kappa shape index (κ3) is 6.97. The van der Waals surface area contributed by atoms with Crippen molar-refractivity contribution in [2.45, 2.75) is 19.4 Å². The van der Waals surface area contributed by atoms with Gasteiger partial charge in [0, 0.05) is 15.9 Å². The number of rotatable bonds is 8. The molecule has 0 bridgehead atoms. The molecule has 0 spiro atoms. The Hall–Kier alpha value is -1.82. The molecule has 0 saturated heterocycles. The standard InChI is InChI=1S/C17H18BrFN2O5S2/c1-10(16(22)21-14-5-3-11(18)9-13(14)19)26-17(23)15-6-4-12(27-15)7-8-20-28(2,24)25/h3-6,9-10,20H,7-8H2,1-2H3,(H,21,22)/t10-/m0/s1.